The zero-order valence-corrected chi connectivity index (χ0v) is 24.1. The van der Waals surface area contributed by atoms with Crippen molar-refractivity contribution in [2.45, 2.75) is 39.5 Å². The SMILES string of the molecule is C/C=C\CC.Clc1ccccc1.O=C(Nc1cccc(Cl)c1)C1CCC(=O)N(CCCN2CCOCC2)C1. The van der Waals surface area contributed by atoms with E-state index in [2.05, 4.69) is 29.3 Å². The third kappa shape index (κ3) is 12.9. The summed E-state index contributed by atoms with van der Waals surface area (Å²) in [5.41, 5.74) is 0.693. The zero-order valence-electron chi connectivity index (χ0n) is 22.6. The number of nitrogens with one attached hydrogen (secondary N) is 1. The predicted octanol–water partition coefficient (Wildman–Crippen LogP) is 6.55. The van der Waals surface area contributed by atoms with E-state index in [0.29, 0.717) is 36.6 Å². The van der Waals surface area contributed by atoms with Gasteiger partial charge in [-0.3, -0.25) is 14.5 Å². The van der Waals surface area contributed by atoms with Gasteiger partial charge in [0.25, 0.3) is 0 Å². The van der Waals surface area contributed by atoms with Gasteiger partial charge < -0.3 is 15.0 Å². The highest BCUT2D eigenvalue weighted by atomic mass is 35.5. The molecule has 2 saturated heterocycles. The summed E-state index contributed by atoms with van der Waals surface area (Å²) in [7, 11) is 0. The van der Waals surface area contributed by atoms with Gasteiger partial charge in [0, 0.05) is 54.9 Å². The maximum Gasteiger partial charge on any atom is 0.229 e. The Morgan fingerprint density at radius 3 is 2.34 bits per heavy atom. The number of benzene rings is 2. The van der Waals surface area contributed by atoms with E-state index in [9.17, 15) is 9.59 Å². The van der Waals surface area contributed by atoms with Crippen LogP contribution in [0, 0.1) is 5.92 Å². The minimum absolute atomic E-state index is 0.0436. The lowest BCUT2D eigenvalue weighted by Gasteiger charge is -2.33. The lowest BCUT2D eigenvalue weighted by Crippen LogP contribution is -2.45. The van der Waals surface area contributed by atoms with Crippen LogP contribution in [0.2, 0.25) is 10.0 Å². The molecule has 0 radical (unpaired) electrons. The van der Waals surface area contributed by atoms with Crippen LogP contribution in [0.4, 0.5) is 5.69 Å². The minimum atomic E-state index is -0.171. The van der Waals surface area contributed by atoms with Gasteiger partial charge in [-0.2, -0.15) is 0 Å². The van der Waals surface area contributed by atoms with Gasteiger partial charge in [0.2, 0.25) is 11.8 Å². The number of allylic oxidation sites excluding steroid dienone is 2. The number of hydrogen-bond acceptors (Lipinski definition) is 4. The molecular formula is C30H41Cl2N3O3. The normalized spacial score (nSPS) is 17.7. The van der Waals surface area contributed by atoms with Crippen LogP contribution in [0.25, 0.3) is 0 Å². The summed E-state index contributed by atoms with van der Waals surface area (Å²) in [6.07, 6.45) is 7.31. The number of halogens is 2. The monoisotopic (exact) mass is 561 g/mol. The lowest BCUT2D eigenvalue weighted by atomic mass is 9.96. The van der Waals surface area contributed by atoms with Crippen molar-refractivity contribution >= 4 is 40.7 Å². The van der Waals surface area contributed by atoms with Gasteiger partial charge in [-0.15, -0.1) is 0 Å². The predicted molar refractivity (Wildman–Crippen MR) is 158 cm³/mol. The number of piperidine rings is 1. The maximum atomic E-state index is 12.5. The summed E-state index contributed by atoms with van der Waals surface area (Å²) >= 11 is 11.5. The fourth-order valence-electron chi connectivity index (χ4n) is 4.12. The van der Waals surface area contributed by atoms with Crippen molar-refractivity contribution in [2.75, 3.05) is 51.3 Å². The first-order valence-electron chi connectivity index (χ1n) is 13.4. The Morgan fingerprint density at radius 2 is 1.76 bits per heavy atom. The van der Waals surface area contributed by atoms with Crippen molar-refractivity contribution in [3.8, 4) is 0 Å². The van der Waals surface area contributed by atoms with Crippen LogP contribution in [0.3, 0.4) is 0 Å². The van der Waals surface area contributed by atoms with Gasteiger partial charge in [0.1, 0.15) is 0 Å². The Balaban J connectivity index is 0.000000348. The second-order valence-electron chi connectivity index (χ2n) is 9.16. The van der Waals surface area contributed by atoms with Crippen LogP contribution in [-0.2, 0) is 14.3 Å². The summed E-state index contributed by atoms with van der Waals surface area (Å²) in [6, 6.07) is 16.6. The fourth-order valence-corrected chi connectivity index (χ4v) is 4.45. The first-order valence-corrected chi connectivity index (χ1v) is 14.1. The molecule has 0 spiro atoms. The molecule has 2 aliphatic rings. The molecule has 2 aromatic carbocycles. The molecule has 2 aliphatic heterocycles. The molecule has 1 N–H and O–H groups in total. The Kier molecular flexibility index (Phi) is 15.8. The van der Waals surface area contributed by atoms with E-state index in [0.717, 1.165) is 50.7 Å². The Labute approximate surface area is 237 Å². The molecule has 2 amide bonds. The molecule has 1 unspecified atom stereocenters. The largest absolute Gasteiger partial charge is 0.379 e. The second-order valence-corrected chi connectivity index (χ2v) is 10.0. The lowest BCUT2D eigenvalue weighted by molar-refractivity contribution is -0.137. The second kappa shape index (κ2) is 18.8. The summed E-state index contributed by atoms with van der Waals surface area (Å²) < 4.78 is 5.35. The highest BCUT2D eigenvalue weighted by Crippen LogP contribution is 2.21. The molecule has 8 heteroatoms. The number of nitrogens with zero attached hydrogens (tertiary/aromatic N) is 2. The van der Waals surface area contributed by atoms with Crippen LogP contribution in [0.1, 0.15) is 39.5 Å². The number of likely N-dealkylation sites (tertiary alicyclic amines) is 1. The minimum Gasteiger partial charge on any atom is -0.379 e. The number of carbonyl (C=O) groups excluding carboxylic acids is 2. The smallest absolute Gasteiger partial charge is 0.229 e. The molecule has 0 saturated carbocycles. The molecule has 4 rings (SSSR count). The van der Waals surface area contributed by atoms with Crippen molar-refractivity contribution < 1.29 is 14.3 Å². The summed E-state index contributed by atoms with van der Waals surface area (Å²) in [5, 5.41) is 4.30. The number of amides is 2. The van der Waals surface area contributed by atoms with Gasteiger partial charge in [0.05, 0.1) is 19.1 Å². The number of morpholine rings is 1. The van der Waals surface area contributed by atoms with Gasteiger partial charge in [-0.25, -0.2) is 0 Å². The molecule has 0 aromatic heterocycles. The number of ether oxygens (including phenoxy) is 1. The van der Waals surface area contributed by atoms with Crippen molar-refractivity contribution in [1.82, 2.24) is 9.80 Å². The first-order chi connectivity index (χ1) is 18.4. The molecule has 2 fully saturated rings. The molecule has 2 heterocycles. The molecule has 0 bridgehead atoms. The third-order valence-corrected chi connectivity index (χ3v) is 6.66. The summed E-state index contributed by atoms with van der Waals surface area (Å²) in [4.78, 5) is 28.9. The van der Waals surface area contributed by atoms with Crippen LogP contribution >= 0.6 is 23.2 Å². The quantitative estimate of drug-likeness (QED) is 0.389. The number of rotatable bonds is 7. The molecule has 1 atom stereocenters. The van der Waals surface area contributed by atoms with Gasteiger partial charge in [-0.05, 0) is 56.5 Å². The topological polar surface area (TPSA) is 61.9 Å². The van der Waals surface area contributed by atoms with Crippen molar-refractivity contribution in [3.05, 3.63) is 76.8 Å². The van der Waals surface area contributed by atoms with Gasteiger partial charge in [0.15, 0.2) is 0 Å². The Hall–Kier alpha value is -2.38. The number of carbonyl (C=O) groups is 2. The number of hydrogen-bond donors (Lipinski definition) is 1. The van der Waals surface area contributed by atoms with E-state index in [1.807, 2.05) is 48.2 Å². The van der Waals surface area contributed by atoms with E-state index in [4.69, 9.17) is 27.9 Å². The molecule has 208 valence electrons. The fraction of sp³-hybridized carbons (Fsp3) is 0.467. The Morgan fingerprint density at radius 1 is 1.05 bits per heavy atom. The van der Waals surface area contributed by atoms with Gasteiger partial charge in [-0.1, -0.05) is 66.5 Å². The molecule has 6 nitrogen and oxygen atoms in total. The van der Waals surface area contributed by atoms with Crippen molar-refractivity contribution in [3.63, 3.8) is 0 Å². The van der Waals surface area contributed by atoms with E-state index in [1.54, 1.807) is 18.2 Å². The van der Waals surface area contributed by atoms with Crippen LogP contribution < -0.4 is 5.32 Å². The molecule has 2 aromatic rings. The molecule has 38 heavy (non-hydrogen) atoms. The zero-order chi connectivity index (χ0) is 27.6. The Bertz CT molecular complexity index is 982. The van der Waals surface area contributed by atoms with Gasteiger partial charge >= 0.3 is 0 Å². The average molecular weight is 563 g/mol. The maximum absolute atomic E-state index is 12.5. The van der Waals surface area contributed by atoms with Crippen LogP contribution in [-0.4, -0.2) is 67.6 Å². The highest BCUT2D eigenvalue weighted by Gasteiger charge is 2.30. The molecular weight excluding hydrogens is 521 g/mol. The van der Waals surface area contributed by atoms with Crippen LogP contribution in [0.15, 0.2) is 66.7 Å². The summed E-state index contributed by atoms with van der Waals surface area (Å²) in [5.74, 6) is -0.0632. The third-order valence-electron chi connectivity index (χ3n) is 6.17. The average Bonchev–Trinajstić information content (AvgIpc) is 2.92. The standard InChI is InChI=1S/C19H26ClN3O3.C6H5Cl.C5H10/c20-16-3-1-4-17(13-16)21-19(25)15-5-6-18(24)23(14-15)8-2-7-22-9-11-26-12-10-22;7-6-4-2-1-3-5-6;1-3-5-4-2/h1,3-4,13,15H,2,5-12,14H2,(H,21,25);1-5H;3,5H,4H2,1-2H3/b;;5-3-. The van der Waals surface area contributed by atoms with E-state index >= 15 is 0 Å². The molecule has 0 aliphatic carbocycles. The number of anilines is 1. The highest BCUT2D eigenvalue weighted by molar-refractivity contribution is 6.31. The first kappa shape index (κ1) is 31.8. The summed E-state index contributed by atoms with van der Waals surface area (Å²) in [6.45, 7) is 9.81. The van der Waals surface area contributed by atoms with E-state index < -0.39 is 0 Å². The van der Waals surface area contributed by atoms with E-state index in [1.165, 1.54) is 0 Å². The van der Waals surface area contributed by atoms with E-state index in [-0.39, 0.29) is 17.7 Å². The van der Waals surface area contributed by atoms with Crippen LogP contribution in [0.5, 0.6) is 0 Å². The van der Waals surface area contributed by atoms with Crippen molar-refractivity contribution in [1.29, 1.82) is 0 Å². The van der Waals surface area contributed by atoms with Crippen molar-refractivity contribution in [2.24, 2.45) is 5.92 Å².